The molecule has 0 amide bonds. The van der Waals surface area contributed by atoms with Crippen molar-refractivity contribution in [1.82, 2.24) is 10.2 Å². The summed E-state index contributed by atoms with van der Waals surface area (Å²) in [7, 11) is 0. The zero-order chi connectivity index (χ0) is 14.0. The molecule has 8 nitrogen and oxygen atoms in total. The van der Waals surface area contributed by atoms with Crippen molar-refractivity contribution in [2.75, 3.05) is 0 Å². The Morgan fingerprint density at radius 2 is 2.21 bits per heavy atom. The average Bonchev–Trinajstić information content (AvgIpc) is 2.74. The molecule has 0 atom stereocenters. The number of nitrogens with zero attached hydrogens (tertiary/aromatic N) is 3. The molecule has 9 heteroatoms. The van der Waals surface area contributed by atoms with Gasteiger partial charge in [0, 0.05) is 24.0 Å². The maximum Gasteiger partial charge on any atom is 0.336 e. The third-order valence-corrected chi connectivity index (χ3v) is 3.01. The van der Waals surface area contributed by atoms with Crippen LogP contribution in [-0.4, -0.2) is 26.2 Å². The topological polar surface area (TPSA) is 119 Å². The number of aryl methyl sites for hydroxylation is 1. The quantitative estimate of drug-likeness (QED) is 0.668. The second-order valence-electron chi connectivity index (χ2n) is 3.43. The van der Waals surface area contributed by atoms with Gasteiger partial charge in [0.05, 0.1) is 10.5 Å². The SMILES string of the molecule is Cc1nnc(Sc2cc([N+](=O)[O-])ccc2C(=O)O)o1. The Morgan fingerprint density at radius 3 is 2.74 bits per heavy atom. The molecule has 2 rings (SSSR count). The highest BCUT2D eigenvalue weighted by atomic mass is 32.2. The molecule has 0 aliphatic heterocycles. The van der Waals surface area contributed by atoms with Crippen LogP contribution >= 0.6 is 11.8 Å². The molecule has 0 radical (unpaired) electrons. The summed E-state index contributed by atoms with van der Waals surface area (Å²) >= 11 is 0.869. The zero-order valence-electron chi connectivity index (χ0n) is 9.56. The fourth-order valence-electron chi connectivity index (χ4n) is 1.30. The number of benzene rings is 1. The highest BCUT2D eigenvalue weighted by Gasteiger charge is 2.18. The van der Waals surface area contributed by atoms with Gasteiger partial charge in [-0.15, -0.1) is 10.2 Å². The summed E-state index contributed by atoms with van der Waals surface area (Å²) < 4.78 is 5.10. The van der Waals surface area contributed by atoms with E-state index in [1.165, 1.54) is 6.07 Å². The zero-order valence-corrected chi connectivity index (χ0v) is 10.4. The number of non-ortho nitro benzene ring substituents is 1. The lowest BCUT2D eigenvalue weighted by Crippen LogP contribution is -2.00. The lowest BCUT2D eigenvalue weighted by molar-refractivity contribution is -0.385. The van der Waals surface area contributed by atoms with Gasteiger partial charge in [-0.25, -0.2) is 4.79 Å². The molecule has 0 saturated carbocycles. The number of hydrogen-bond donors (Lipinski definition) is 1. The van der Waals surface area contributed by atoms with E-state index in [1.54, 1.807) is 6.92 Å². The fraction of sp³-hybridized carbons (Fsp3) is 0.100. The molecule has 0 unspecified atom stereocenters. The molecule has 1 N–H and O–H groups in total. The second kappa shape index (κ2) is 5.06. The van der Waals surface area contributed by atoms with Gasteiger partial charge in [0.15, 0.2) is 0 Å². The third-order valence-electron chi connectivity index (χ3n) is 2.11. The number of nitro groups is 1. The summed E-state index contributed by atoms with van der Waals surface area (Å²) in [4.78, 5) is 21.3. The third kappa shape index (κ3) is 2.88. The lowest BCUT2D eigenvalue weighted by atomic mass is 10.2. The van der Waals surface area contributed by atoms with Crippen molar-refractivity contribution < 1.29 is 19.2 Å². The van der Waals surface area contributed by atoms with Crippen molar-refractivity contribution in [3.63, 3.8) is 0 Å². The van der Waals surface area contributed by atoms with E-state index in [4.69, 9.17) is 9.52 Å². The number of rotatable bonds is 4. The summed E-state index contributed by atoms with van der Waals surface area (Å²) in [5, 5.41) is 27.1. The summed E-state index contributed by atoms with van der Waals surface area (Å²) in [6, 6.07) is 3.46. The molecule has 98 valence electrons. The highest BCUT2D eigenvalue weighted by Crippen LogP contribution is 2.32. The van der Waals surface area contributed by atoms with Crippen LogP contribution in [0, 0.1) is 17.0 Å². The summed E-state index contributed by atoms with van der Waals surface area (Å²) in [6.07, 6.45) is 0. The molecule has 0 fully saturated rings. The summed E-state index contributed by atoms with van der Waals surface area (Å²) in [5.74, 6) is -0.863. The molecule has 1 heterocycles. The van der Waals surface area contributed by atoms with Crippen LogP contribution in [0.3, 0.4) is 0 Å². The molecule has 0 saturated heterocycles. The first-order valence-corrected chi connectivity index (χ1v) is 5.78. The molecular weight excluding hydrogens is 274 g/mol. The van der Waals surface area contributed by atoms with Crippen molar-refractivity contribution in [2.45, 2.75) is 17.0 Å². The Hall–Kier alpha value is -2.42. The lowest BCUT2D eigenvalue weighted by Gasteiger charge is -2.02. The van der Waals surface area contributed by atoms with Crippen LogP contribution in [0.5, 0.6) is 0 Å². The summed E-state index contributed by atoms with van der Waals surface area (Å²) in [6.45, 7) is 1.59. The van der Waals surface area contributed by atoms with E-state index in [2.05, 4.69) is 10.2 Å². The Morgan fingerprint density at radius 1 is 1.47 bits per heavy atom. The molecule has 0 aliphatic carbocycles. The van der Waals surface area contributed by atoms with Gasteiger partial charge < -0.3 is 9.52 Å². The fourth-order valence-corrected chi connectivity index (χ4v) is 2.18. The van der Waals surface area contributed by atoms with Gasteiger partial charge in [-0.2, -0.15) is 0 Å². The van der Waals surface area contributed by atoms with Crippen molar-refractivity contribution in [3.05, 3.63) is 39.8 Å². The molecule has 0 bridgehead atoms. The number of carboxylic acids is 1. The van der Waals surface area contributed by atoms with Crippen molar-refractivity contribution >= 4 is 23.4 Å². The maximum atomic E-state index is 11.0. The van der Waals surface area contributed by atoms with Crippen molar-refractivity contribution in [2.24, 2.45) is 0 Å². The molecule has 19 heavy (non-hydrogen) atoms. The number of carboxylic acid groups (broad SMARTS) is 1. The number of carbonyl (C=O) groups is 1. The minimum absolute atomic E-state index is 0.0635. The number of aromatic nitrogens is 2. The van der Waals surface area contributed by atoms with Gasteiger partial charge in [-0.05, 0) is 17.8 Å². The summed E-state index contributed by atoms with van der Waals surface area (Å²) in [5.41, 5.74) is -0.268. The van der Waals surface area contributed by atoms with Crippen molar-refractivity contribution in [3.8, 4) is 0 Å². The highest BCUT2D eigenvalue weighted by molar-refractivity contribution is 7.99. The van der Waals surface area contributed by atoms with Crippen LogP contribution in [0.1, 0.15) is 16.2 Å². The van der Waals surface area contributed by atoms with Crippen LogP contribution < -0.4 is 0 Å². The normalized spacial score (nSPS) is 10.4. The van der Waals surface area contributed by atoms with E-state index in [9.17, 15) is 14.9 Å². The first kappa shape index (κ1) is 13.0. The molecular formula is C10H7N3O5S. The number of hydrogen-bond acceptors (Lipinski definition) is 7. The second-order valence-corrected chi connectivity index (χ2v) is 4.42. The molecule has 0 aliphatic rings. The molecule has 1 aromatic carbocycles. The first-order valence-electron chi connectivity index (χ1n) is 4.97. The smallest absolute Gasteiger partial charge is 0.336 e. The van der Waals surface area contributed by atoms with E-state index < -0.39 is 10.9 Å². The van der Waals surface area contributed by atoms with Crippen LogP contribution in [0.4, 0.5) is 5.69 Å². The predicted octanol–water partition coefficient (Wildman–Crippen LogP) is 2.14. The molecule has 2 aromatic rings. The largest absolute Gasteiger partial charge is 0.478 e. The van der Waals surface area contributed by atoms with E-state index in [-0.39, 0.29) is 21.4 Å². The first-order chi connectivity index (χ1) is 8.97. The van der Waals surface area contributed by atoms with Gasteiger partial charge in [0.2, 0.25) is 5.89 Å². The molecule has 0 spiro atoms. The Kier molecular flexibility index (Phi) is 3.47. The average molecular weight is 281 g/mol. The van der Waals surface area contributed by atoms with Crippen molar-refractivity contribution in [1.29, 1.82) is 0 Å². The van der Waals surface area contributed by atoms with E-state index in [0.717, 1.165) is 23.9 Å². The van der Waals surface area contributed by atoms with E-state index in [0.29, 0.717) is 5.89 Å². The molecule has 1 aromatic heterocycles. The van der Waals surface area contributed by atoms with Gasteiger partial charge in [0.25, 0.3) is 10.9 Å². The monoisotopic (exact) mass is 281 g/mol. The maximum absolute atomic E-state index is 11.0. The van der Waals surface area contributed by atoms with Gasteiger partial charge in [0.1, 0.15) is 0 Å². The number of aromatic carboxylic acids is 1. The van der Waals surface area contributed by atoms with Gasteiger partial charge >= 0.3 is 5.97 Å². The van der Waals surface area contributed by atoms with Gasteiger partial charge in [-0.3, -0.25) is 10.1 Å². The van der Waals surface area contributed by atoms with E-state index in [1.807, 2.05) is 0 Å². The van der Waals surface area contributed by atoms with Crippen LogP contribution in [0.2, 0.25) is 0 Å². The minimum atomic E-state index is -1.19. The Bertz CT molecular complexity index is 654. The minimum Gasteiger partial charge on any atom is -0.478 e. The standard InChI is InChI=1S/C10H7N3O5S/c1-5-11-12-10(18-5)19-8-4-6(13(16)17)2-3-7(8)9(14)15/h2-4H,1H3,(H,14,15). The van der Waals surface area contributed by atoms with Crippen LogP contribution in [0.25, 0.3) is 0 Å². The Labute approximate surface area is 110 Å². The van der Waals surface area contributed by atoms with Crippen LogP contribution in [-0.2, 0) is 0 Å². The Balaban J connectivity index is 2.42. The van der Waals surface area contributed by atoms with E-state index >= 15 is 0 Å². The van der Waals surface area contributed by atoms with Crippen LogP contribution in [0.15, 0.2) is 32.7 Å². The number of nitro benzene ring substituents is 1. The van der Waals surface area contributed by atoms with Gasteiger partial charge in [-0.1, -0.05) is 0 Å². The predicted molar refractivity (Wildman–Crippen MR) is 63.2 cm³/mol.